The van der Waals surface area contributed by atoms with Gasteiger partial charge in [-0.3, -0.25) is 14.5 Å². The van der Waals surface area contributed by atoms with Crippen molar-refractivity contribution >= 4 is 23.1 Å². The zero-order chi connectivity index (χ0) is 21.1. The van der Waals surface area contributed by atoms with Crippen LogP contribution in [0.15, 0.2) is 55.0 Å². The second-order valence-electron chi connectivity index (χ2n) is 7.60. The van der Waals surface area contributed by atoms with Crippen LogP contribution in [0.4, 0.5) is 5.69 Å². The van der Waals surface area contributed by atoms with E-state index in [0.29, 0.717) is 41.4 Å². The van der Waals surface area contributed by atoms with Crippen LogP contribution in [0.25, 0.3) is 0 Å². The molecule has 1 aliphatic rings. The molecule has 4 rings (SSSR count). The second kappa shape index (κ2) is 8.95. The highest BCUT2D eigenvalue weighted by atomic mass is 35.5. The Hall–Kier alpha value is -2.74. The van der Waals surface area contributed by atoms with Crippen molar-refractivity contribution in [2.24, 2.45) is 5.92 Å². The Morgan fingerprint density at radius 3 is 2.90 bits per heavy atom. The molecule has 3 aromatic rings. The number of benzene rings is 1. The molecule has 0 spiro atoms. The van der Waals surface area contributed by atoms with E-state index in [-0.39, 0.29) is 24.3 Å². The number of carbonyl (C=O) groups is 1. The normalized spacial score (nSPS) is 21.0. The maximum absolute atomic E-state index is 13.1. The molecule has 2 heterocycles. The molecule has 0 radical (unpaired) electrons. The Balaban J connectivity index is 1.50. The van der Waals surface area contributed by atoms with E-state index in [9.17, 15) is 15.0 Å². The van der Waals surface area contributed by atoms with E-state index in [1.165, 1.54) is 6.20 Å². The smallest absolute Gasteiger partial charge is 0.216 e. The first kappa shape index (κ1) is 20.5. The number of anilines is 1. The molecule has 0 bridgehead atoms. The van der Waals surface area contributed by atoms with Gasteiger partial charge in [-0.15, -0.1) is 0 Å². The summed E-state index contributed by atoms with van der Waals surface area (Å²) >= 11 is 6.03. The highest BCUT2D eigenvalue weighted by Crippen LogP contribution is 2.29. The van der Waals surface area contributed by atoms with Crippen LogP contribution in [0, 0.1) is 5.92 Å². The molecule has 156 valence electrons. The maximum Gasteiger partial charge on any atom is 0.216 e. The summed E-state index contributed by atoms with van der Waals surface area (Å²) in [5.74, 6) is -0.377. The molecule has 0 amide bonds. The van der Waals surface area contributed by atoms with Gasteiger partial charge in [0.2, 0.25) is 5.78 Å². The van der Waals surface area contributed by atoms with Crippen LogP contribution in [0.3, 0.4) is 0 Å². The van der Waals surface area contributed by atoms with E-state index in [4.69, 9.17) is 11.6 Å². The Labute approximate surface area is 179 Å². The first-order valence-corrected chi connectivity index (χ1v) is 10.2. The molecule has 3 atom stereocenters. The molecule has 1 saturated carbocycles. The van der Waals surface area contributed by atoms with Gasteiger partial charge in [-0.2, -0.15) is 5.10 Å². The summed E-state index contributed by atoms with van der Waals surface area (Å²) < 4.78 is 1.70. The molecular formula is C22H23ClN4O3. The van der Waals surface area contributed by atoms with Crippen LogP contribution >= 0.6 is 11.6 Å². The van der Waals surface area contributed by atoms with Crippen molar-refractivity contribution in [3.63, 3.8) is 0 Å². The van der Waals surface area contributed by atoms with Gasteiger partial charge in [-0.1, -0.05) is 23.7 Å². The first-order chi connectivity index (χ1) is 14.5. The Morgan fingerprint density at radius 2 is 2.13 bits per heavy atom. The van der Waals surface area contributed by atoms with Gasteiger partial charge in [0.15, 0.2) is 0 Å². The van der Waals surface area contributed by atoms with E-state index in [2.05, 4.69) is 15.4 Å². The number of hydrogen-bond acceptors (Lipinski definition) is 6. The van der Waals surface area contributed by atoms with Gasteiger partial charge in [-0.05, 0) is 42.7 Å². The van der Waals surface area contributed by atoms with Crippen molar-refractivity contribution in [3.05, 3.63) is 76.8 Å². The van der Waals surface area contributed by atoms with Crippen LogP contribution in [0.2, 0.25) is 5.02 Å². The monoisotopic (exact) mass is 426 g/mol. The number of nitrogens with zero attached hydrogens (tertiary/aromatic N) is 3. The average Bonchev–Trinajstić information content (AvgIpc) is 3.34. The van der Waals surface area contributed by atoms with Crippen LogP contribution in [-0.2, 0) is 6.54 Å². The lowest BCUT2D eigenvalue weighted by atomic mass is 10.1. The number of aliphatic hydroxyl groups is 2. The quantitative estimate of drug-likeness (QED) is 0.502. The first-order valence-electron chi connectivity index (χ1n) is 9.85. The zero-order valence-electron chi connectivity index (χ0n) is 16.3. The fourth-order valence-corrected chi connectivity index (χ4v) is 4.08. The molecule has 30 heavy (non-hydrogen) atoms. The topological polar surface area (TPSA) is 100 Å². The van der Waals surface area contributed by atoms with Crippen molar-refractivity contribution in [2.75, 3.05) is 11.9 Å². The summed E-state index contributed by atoms with van der Waals surface area (Å²) in [6.45, 7) is 0.458. The third-order valence-electron chi connectivity index (χ3n) is 5.42. The largest absolute Gasteiger partial charge is 0.396 e. The third-order valence-corrected chi connectivity index (χ3v) is 5.66. The number of halogens is 1. The summed E-state index contributed by atoms with van der Waals surface area (Å²) in [5.41, 5.74) is 2.39. The maximum atomic E-state index is 13.1. The van der Waals surface area contributed by atoms with Crippen molar-refractivity contribution in [3.8, 4) is 0 Å². The fraction of sp³-hybridized carbons (Fsp3) is 0.318. The molecule has 1 fully saturated rings. The zero-order valence-corrected chi connectivity index (χ0v) is 17.0. The second-order valence-corrected chi connectivity index (χ2v) is 8.04. The lowest BCUT2D eigenvalue weighted by Gasteiger charge is -2.16. The van der Waals surface area contributed by atoms with E-state index >= 15 is 0 Å². The van der Waals surface area contributed by atoms with Gasteiger partial charge < -0.3 is 15.5 Å². The molecule has 1 aromatic carbocycles. The predicted octanol–water partition coefficient (Wildman–Crippen LogP) is 2.75. The Kier molecular flexibility index (Phi) is 6.13. The summed E-state index contributed by atoms with van der Waals surface area (Å²) in [7, 11) is 0. The van der Waals surface area contributed by atoms with E-state index in [1.807, 2.05) is 24.3 Å². The van der Waals surface area contributed by atoms with E-state index in [1.54, 1.807) is 29.2 Å². The molecule has 0 aliphatic heterocycles. The van der Waals surface area contributed by atoms with Crippen molar-refractivity contribution in [2.45, 2.75) is 31.5 Å². The molecule has 0 unspecified atom stereocenters. The highest BCUT2D eigenvalue weighted by Gasteiger charge is 2.33. The van der Waals surface area contributed by atoms with Gasteiger partial charge in [0, 0.05) is 47.9 Å². The lowest BCUT2D eigenvalue weighted by molar-refractivity contribution is 0.0908. The Morgan fingerprint density at radius 1 is 1.27 bits per heavy atom. The summed E-state index contributed by atoms with van der Waals surface area (Å²) in [4.78, 5) is 17.2. The predicted molar refractivity (Wildman–Crippen MR) is 114 cm³/mol. The van der Waals surface area contributed by atoms with Crippen LogP contribution in [-0.4, -0.2) is 49.5 Å². The van der Waals surface area contributed by atoms with Gasteiger partial charge in [0.1, 0.15) is 5.69 Å². The van der Waals surface area contributed by atoms with Crippen molar-refractivity contribution in [1.82, 2.24) is 14.8 Å². The van der Waals surface area contributed by atoms with Crippen LogP contribution in [0.1, 0.15) is 34.5 Å². The number of aromatic nitrogens is 3. The van der Waals surface area contributed by atoms with Crippen molar-refractivity contribution in [1.29, 1.82) is 0 Å². The number of nitrogens with one attached hydrogen (secondary N) is 1. The number of ketones is 1. The Bertz CT molecular complexity index is 1040. The van der Waals surface area contributed by atoms with Gasteiger partial charge in [-0.25, -0.2) is 0 Å². The lowest BCUT2D eigenvalue weighted by Crippen LogP contribution is -2.19. The number of rotatable bonds is 7. The summed E-state index contributed by atoms with van der Waals surface area (Å²) in [5, 5.41) is 27.8. The van der Waals surface area contributed by atoms with Gasteiger partial charge in [0.25, 0.3) is 0 Å². The standard InChI is InChI=1S/C22H23ClN4O3/c23-16-3-1-2-14(8-16)12-27-7-5-20(26-27)22(30)18-11-24-6-4-19(18)25-17-9-15(13-28)21(29)10-17/h1-8,11,15,17,21,28-29H,9-10,12-13H2,(H,24,25)/t15-,17-,21+/m1/s1. The minimum Gasteiger partial charge on any atom is -0.396 e. The number of aliphatic hydroxyl groups excluding tert-OH is 2. The van der Waals surface area contributed by atoms with Gasteiger partial charge in [0.05, 0.1) is 18.2 Å². The molecule has 7 nitrogen and oxygen atoms in total. The molecule has 3 N–H and O–H groups in total. The van der Waals surface area contributed by atoms with Crippen LogP contribution in [0.5, 0.6) is 0 Å². The fourth-order valence-electron chi connectivity index (χ4n) is 3.87. The molecule has 2 aromatic heterocycles. The highest BCUT2D eigenvalue weighted by molar-refractivity contribution is 6.30. The summed E-state index contributed by atoms with van der Waals surface area (Å²) in [6, 6.07) is 10.9. The SMILES string of the molecule is O=C(c1ccn(Cc2cccc(Cl)c2)n1)c1cnccc1N[C@@H]1C[C@H](CO)[C@@H](O)C1. The van der Waals surface area contributed by atoms with E-state index in [0.717, 1.165) is 5.56 Å². The average molecular weight is 427 g/mol. The molecule has 0 saturated heterocycles. The molecule has 1 aliphatic carbocycles. The van der Waals surface area contributed by atoms with Crippen molar-refractivity contribution < 1.29 is 15.0 Å². The third kappa shape index (κ3) is 4.53. The van der Waals surface area contributed by atoms with E-state index < -0.39 is 6.10 Å². The molecule has 8 heteroatoms. The van der Waals surface area contributed by atoms with Gasteiger partial charge >= 0.3 is 0 Å². The van der Waals surface area contributed by atoms with Crippen LogP contribution < -0.4 is 5.32 Å². The molecular weight excluding hydrogens is 404 g/mol. The minimum absolute atomic E-state index is 0.0218. The number of carbonyl (C=O) groups excluding carboxylic acids is 1. The summed E-state index contributed by atoms with van der Waals surface area (Å²) in [6.07, 6.45) is 5.52. The number of hydrogen-bond donors (Lipinski definition) is 3. The number of pyridine rings is 1. The minimum atomic E-state index is -0.546.